The molecule has 0 heterocycles. The van der Waals surface area contributed by atoms with Crippen molar-refractivity contribution in [1.82, 2.24) is 0 Å². The van der Waals surface area contributed by atoms with Gasteiger partial charge in [0.1, 0.15) is 0 Å². The first-order valence-electron chi connectivity index (χ1n) is 6.41. The van der Waals surface area contributed by atoms with E-state index in [1.165, 1.54) is 0 Å². The van der Waals surface area contributed by atoms with Gasteiger partial charge in [0.15, 0.2) is 0 Å². The van der Waals surface area contributed by atoms with Crippen molar-refractivity contribution in [3.8, 4) is 0 Å². The van der Waals surface area contributed by atoms with Crippen LogP contribution >= 0.6 is 0 Å². The standard InChI is InChI=1S/C15H22O4/c1-2-15(10-14(17)11-16)19-9-8-18-12-13-6-4-3-5-7-13/h2-7,14-17H,1,8-12H2. The molecular formula is C15H22O4. The van der Waals surface area contributed by atoms with E-state index < -0.39 is 6.10 Å². The SMILES string of the molecule is C=CC(CC(O)CO)OCCOCc1ccccc1. The number of hydrogen-bond donors (Lipinski definition) is 2. The average Bonchev–Trinajstić information content (AvgIpc) is 2.46. The molecule has 0 aliphatic heterocycles. The summed E-state index contributed by atoms with van der Waals surface area (Å²) >= 11 is 0. The fourth-order valence-corrected chi connectivity index (χ4v) is 1.60. The Labute approximate surface area is 114 Å². The molecule has 0 fully saturated rings. The van der Waals surface area contributed by atoms with Crippen LogP contribution in [0.3, 0.4) is 0 Å². The maximum absolute atomic E-state index is 9.30. The van der Waals surface area contributed by atoms with E-state index in [0.717, 1.165) is 5.56 Å². The zero-order valence-corrected chi connectivity index (χ0v) is 11.1. The van der Waals surface area contributed by atoms with Crippen LogP contribution in [0.25, 0.3) is 0 Å². The second-order valence-electron chi connectivity index (χ2n) is 4.26. The lowest BCUT2D eigenvalue weighted by molar-refractivity contribution is -0.00988. The van der Waals surface area contributed by atoms with Crippen molar-refractivity contribution < 1.29 is 19.7 Å². The molecule has 0 saturated carbocycles. The van der Waals surface area contributed by atoms with Gasteiger partial charge in [-0.15, -0.1) is 6.58 Å². The molecule has 0 radical (unpaired) electrons. The Morgan fingerprint density at radius 3 is 2.58 bits per heavy atom. The van der Waals surface area contributed by atoms with Crippen molar-refractivity contribution in [2.75, 3.05) is 19.8 Å². The Bertz CT molecular complexity index is 339. The molecule has 0 bridgehead atoms. The van der Waals surface area contributed by atoms with Crippen LogP contribution in [0.15, 0.2) is 43.0 Å². The number of aliphatic hydroxyl groups is 2. The normalized spacial score (nSPS) is 14.0. The molecular weight excluding hydrogens is 244 g/mol. The molecule has 2 atom stereocenters. The summed E-state index contributed by atoms with van der Waals surface area (Å²) in [6, 6.07) is 9.92. The van der Waals surface area contributed by atoms with E-state index >= 15 is 0 Å². The van der Waals surface area contributed by atoms with Gasteiger partial charge in [0, 0.05) is 6.42 Å². The largest absolute Gasteiger partial charge is 0.394 e. The summed E-state index contributed by atoms with van der Waals surface area (Å²) in [5.41, 5.74) is 1.12. The molecule has 2 N–H and O–H groups in total. The summed E-state index contributed by atoms with van der Waals surface area (Å²) < 4.78 is 11.0. The smallest absolute Gasteiger partial charge is 0.0798 e. The quantitative estimate of drug-likeness (QED) is 0.498. The summed E-state index contributed by atoms with van der Waals surface area (Å²) in [6.07, 6.45) is 0.935. The van der Waals surface area contributed by atoms with Crippen LogP contribution in [-0.2, 0) is 16.1 Å². The minimum Gasteiger partial charge on any atom is -0.394 e. The molecule has 4 heteroatoms. The van der Waals surface area contributed by atoms with Gasteiger partial charge in [-0.3, -0.25) is 0 Å². The van der Waals surface area contributed by atoms with Crippen molar-refractivity contribution in [3.05, 3.63) is 48.6 Å². The molecule has 1 rings (SSSR count). The highest BCUT2D eigenvalue weighted by molar-refractivity contribution is 5.13. The third-order valence-corrected chi connectivity index (χ3v) is 2.65. The van der Waals surface area contributed by atoms with E-state index in [1.54, 1.807) is 6.08 Å². The lowest BCUT2D eigenvalue weighted by atomic mass is 10.1. The average molecular weight is 266 g/mol. The van der Waals surface area contributed by atoms with Crippen LogP contribution in [0.1, 0.15) is 12.0 Å². The highest BCUT2D eigenvalue weighted by Crippen LogP contribution is 2.05. The van der Waals surface area contributed by atoms with Crippen LogP contribution in [-0.4, -0.2) is 42.2 Å². The number of aliphatic hydroxyl groups excluding tert-OH is 2. The predicted octanol–water partition coefficient (Wildman–Crippen LogP) is 1.52. The Balaban J connectivity index is 2.10. The summed E-state index contributed by atoms with van der Waals surface area (Å²) in [5.74, 6) is 0. The fourth-order valence-electron chi connectivity index (χ4n) is 1.60. The maximum Gasteiger partial charge on any atom is 0.0798 e. The van der Waals surface area contributed by atoms with Crippen molar-refractivity contribution in [3.63, 3.8) is 0 Å². The van der Waals surface area contributed by atoms with Crippen LogP contribution in [0.5, 0.6) is 0 Å². The van der Waals surface area contributed by atoms with Gasteiger partial charge >= 0.3 is 0 Å². The van der Waals surface area contributed by atoms with Gasteiger partial charge in [0.2, 0.25) is 0 Å². The van der Waals surface area contributed by atoms with E-state index in [-0.39, 0.29) is 12.7 Å². The van der Waals surface area contributed by atoms with E-state index in [2.05, 4.69) is 6.58 Å². The first-order chi connectivity index (χ1) is 9.26. The van der Waals surface area contributed by atoms with Crippen LogP contribution < -0.4 is 0 Å². The topological polar surface area (TPSA) is 58.9 Å². The number of hydrogen-bond acceptors (Lipinski definition) is 4. The summed E-state index contributed by atoms with van der Waals surface area (Å²) in [6.45, 7) is 4.84. The van der Waals surface area contributed by atoms with Crippen LogP contribution in [0.4, 0.5) is 0 Å². The summed E-state index contributed by atoms with van der Waals surface area (Å²) in [7, 11) is 0. The Morgan fingerprint density at radius 1 is 1.21 bits per heavy atom. The summed E-state index contributed by atoms with van der Waals surface area (Å²) in [4.78, 5) is 0. The van der Waals surface area contributed by atoms with E-state index in [0.29, 0.717) is 26.2 Å². The molecule has 0 aliphatic rings. The van der Waals surface area contributed by atoms with Gasteiger partial charge in [-0.25, -0.2) is 0 Å². The van der Waals surface area contributed by atoms with Gasteiger partial charge in [-0.05, 0) is 5.56 Å². The molecule has 0 aliphatic carbocycles. The minimum atomic E-state index is -0.770. The molecule has 0 aromatic heterocycles. The molecule has 4 nitrogen and oxygen atoms in total. The molecule has 2 unspecified atom stereocenters. The fraction of sp³-hybridized carbons (Fsp3) is 0.467. The second-order valence-corrected chi connectivity index (χ2v) is 4.26. The Kier molecular flexibility index (Phi) is 8.09. The first kappa shape index (κ1) is 15.9. The first-order valence-corrected chi connectivity index (χ1v) is 6.41. The van der Waals surface area contributed by atoms with Crippen LogP contribution in [0, 0.1) is 0 Å². The van der Waals surface area contributed by atoms with Crippen molar-refractivity contribution in [2.24, 2.45) is 0 Å². The van der Waals surface area contributed by atoms with Crippen molar-refractivity contribution in [2.45, 2.75) is 25.2 Å². The number of ether oxygens (including phenoxy) is 2. The second kappa shape index (κ2) is 9.69. The highest BCUT2D eigenvalue weighted by atomic mass is 16.5. The molecule has 1 aromatic carbocycles. The van der Waals surface area contributed by atoms with E-state index in [1.807, 2.05) is 30.3 Å². The minimum absolute atomic E-state index is 0.262. The zero-order valence-electron chi connectivity index (χ0n) is 11.1. The molecule has 19 heavy (non-hydrogen) atoms. The van der Waals surface area contributed by atoms with Crippen molar-refractivity contribution >= 4 is 0 Å². The van der Waals surface area contributed by atoms with Gasteiger partial charge in [0.05, 0.1) is 38.6 Å². The summed E-state index contributed by atoms with van der Waals surface area (Å²) in [5, 5.41) is 18.1. The van der Waals surface area contributed by atoms with Crippen molar-refractivity contribution in [1.29, 1.82) is 0 Å². The Morgan fingerprint density at radius 2 is 1.95 bits per heavy atom. The van der Waals surface area contributed by atoms with Gasteiger partial charge in [-0.2, -0.15) is 0 Å². The Hall–Kier alpha value is -1.20. The predicted molar refractivity (Wildman–Crippen MR) is 73.7 cm³/mol. The van der Waals surface area contributed by atoms with E-state index in [4.69, 9.17) is 14.6 Å². The maximum atomic E-state index is 9.30. The zero-order chi connectivity index (χ0) is 13.9. The van der Waals surface area contributed by atoms with Crippen LogP contribution in [0.2, 0.25) is 0 Å². The van der Waals surface area contributed by atoms with Gasteiger partial charge < -0.3 is 19.7 Å². The highest BCUT2D eigenvalue weighted by Gasteiger charge is 2.10. The number of benzene rings is 1. The third-order valence-electron chi connectivity index (χ3n) is 2.65. The molecule has 0 spiro atoms. The molecule has 1 aromatic rings. The third kappa shape index (κ3) is 7.08. The molecule has 106 valence electrons. The van der Waals surface area contributed by atoms with Gasteiger partial charge in [-0.1, -0.05) is 36.4 Å². The number of rotatable bonds is 10. The lowest BCUT2D eigenvalue weighted by Crippen LogP contribution is -2.23. The molecule has 0 amide bonds. The molecule has 0 saturated heterocycles. The van der Waals surface area contributed by atoms with E-state index in [9.17, 15) is 5.11 Å². The lowest BCUT2D eigenvalue weighted by Gasteiger charge is -2.16. The van der Waals surface area contributed by atoms with Gasteiger partial charge in [0.25, 0.3) is 0 Å². The monoisotopic (exact) mass is 266 g/mol.